The second-order valence-electron chi connectivity index (χ2n) is 4.99. The Morgan fingerprint density at radius 1 is 1.14 bits per heavy atom. The Bertz CT molecular complexity index is 584. The number of methoxy groups -OCH3 is 1. The van der Waals surface area contributed by atoms with E-state index in [9.17, 15) is 4.39 Å². The average molecular weight is 288 g/mol. The van der Waals surface area contributed by atoms with Crippen molar-refractivity contribution in [2.24, 2.45) is 5.84 Å². The highest BCUT2D eigenvalue weighted by molar-refractivity contribution is 5.32. The van der Waals surface area contributed by atoms with Gasteiger partial charge in [-0.3, -0.25) is 11.3 Å². The van der Waals surface area contributed by atoms with Crippen LogP contribution in [0, 0.1) is 5.82 Å². The Balaban J connectivity index is 2.16. The quantitative estimate of drug-likeness (QED) is 0.634. The Hall–Kier alpha value is -1.91. The van der Waals surface area contributed by atoms with Crippen LogP contribution in [0.25, 0.3) is 0 Å². The lowest BCUT2D eigenvalue weighted by Crippen LogP contribution is -2.29. The second kappa shape index (κ2) is 7.20. The maximum Gasteiger partial charge on any atom is 0.165 e. The summed E-state index contributed by atoms with van der Waals surface area (Å²) in [6, 6.07) is 13.2. The Labute approximate surface area is 124 Å². The van der Waals surface area contributed by atoms with Gasteiger partial charge in [0.2, 0.25) is 0 Å². The van der Waals surface area contributed by atoms with E-state index in [1.165, 1.54) is 18.7 Å². The molecule has 4 heteroatoms. The smallest absolute Gasteiger partial charge is 0.165 e. The predicted molar refractivity (Wildman–Crippen MR) is 82.5 cm³/mol. The summed E-state index contributed by atoms with van der Waals surface area (Å²) in [5, 5.41) is 0. The van der Waals surface area contributed by atoms with E-state index < -0.39 is 0 Å². The standard InChI is InChI=1S/C17H21FN2O/c1-3-12-4-6-13(7-5-12)10-16(20-19)14-8-9-17(21-2)15(18)11-14/h4-9,11,16,20H,3,10,19H2,1-2H3. The van der Waals surface area contributed by atoms with Crippen LogP contribution in [0.1, 0.15) is 29.7 Å². The molecule has 0 heterocycles. The van der Waals surface area contributed by atoms with E-state index in [0.29, 0.717) is 6.42 Å². The summed E-state index contributed by atoms with van der Waals surface area (Å²) >= 11 is 0. The average Bonchev–Trinajstić information content (AvgIpc) is 2.53. The number of aryl methyl sites for hydroxylation is 1. The maximum atomic E-state index is 13.8. The number of benzene rings is 2. The molecule has 0 aromatic heterocycles. The van der Waals surface area contributed by atoms with Gasteiger partial charge in [0.25, 0.3) is 0 Å². The molecule has 2 aromatic carbocycles. The van der Waals surface area contributed by atoms with Crippen LogP contribution in [0.5, 0.6) is 5.75 Å². The van der Waals surface area contributed by atoms with Gasteiger partial charge in [-0.2, -0.15) is 0 Å². The maximum absolute atomic E-state index is 13.8. The van der Waals surface area contributed by atoms with E-state index >= 15 is 0 Å². The van der Waals surface area contributed by atoms with E-state index in [0.717, 1.165) is 17.5 Å². The third-order valence-corrected chi connectivity index (χ3v) is 3.65. The molecule has 0 amide bonds. The van der Waals surface area contributed by atoms with Crippen molar-refractivity contribution in [3.8, 4) is 5.75 Å². The summed E-state index contributed by atoms with van der Waals surface area (Å²) < 4.78 is 18.7. The van der Waals surface area contributed by atoms with Gasteiger partial charge in [-0.1, -0.05) is 37.3 Å². The molecule has 0 radical (unpaired) electrons. The van der Waals surface area contributed by atoms with Gasteiger partial charge in [-0.15, -0.1) is 0 Å². The lowest BCUT2D eigenvalue weighted by Gasteiger charge is -2.17. The number of rotatable bonds is 6. The number of hydrazine groups is 1. The van der Waals surface area contributed by atoms with Crippen LogP contribution in [-0.4, -0.2) is 7.11 Å². The van der Waals surface area contributed by atoms with E-state index in [-0.39, 0.29) is 17.6 Å². The van der Waals surface area contributed by atoms with E-state index in [1.807, 2.05) is 6.07 Å². The molecular weight excluding hydrogens is 267 g/mol. The molecule has 0 aliphatic carbocycles. The first-order valence-electron chi connectivity index (χ1n) is 7.05. The van der Waals surface area contributed by atoms with E-state index in [1.54, 1.807) is 6.07 Å². The zero-order chi connectivity index (χ0) is 15.2. The fraction of sp³-hybridized carbons (Fsp3) is 0.294. The molecule has 0 aliphatic rings. The van der Waals surface area contributed by atoms with Crippen LogP contribution in [0.3, 0.4) is 0 Å². The summed E-state index contributed by atoms with van der Waals surface area (Å²) in [5.41, 5.74) is 6.01. The number of nitrogens with one attached hydrogen (secondary N) is 1. The van der Waals surface area contributed by atoms with Gasteiger partial charge >= 0.3 is 0 Å². The van der Waals surface area contributed by atoms with E-state index in [2.05, 4.69) is 36.6 Å². The third kappa shape index (κ3) is 3.80. The van der Waals surface area contributed by atoms with Crippen molar-refractivity contribution >= 4 is 0 Å². The first kappa shape index (κ1) is 15.5. The summed E-state index contributed by atoms with van der Waals surface area (Å²) in [5.74, 6) is 5.49. The number of halogens is 1. The summed E-state index contributed by atoms with van der Waals surface area (Å²) in [6.07, 6.45) is 1.72. The van der Waals surface area contributed by atoms with Crippen LogP contribution in [-0.2, 0) is 12.8 Å². The molecule has 0 saturated heterocycles. The van der Waals surface area contributed by atoms with Crippen molar-refractivity contribution in [1.29, 1.82) is 0 Å². The number of ether oxygens (including phenoxy) is 1. The molecule has 0 fully saturated rings. The molecule has 112 valence electrons. The number of hydrogen-bond acceptors (Lipinski definition) is 3. The van der Waals surface area contributed by atoms with Gasteiger partial charge in [0, 0.05) is 0 Å². The Morgan fingerprint density at radius 3 is 2.33 bits per heavy atom. The van der Waals surface area contributed by atoms with Gasteiger partial charge in [-0.25, -0.2) is 4.39 Å². The molecule has 1 atom stereocenters. The molecule has 0 spiro atoms. The monoisotopic (exact) mass is 288 g/mol. The summed E-state index contributed by atoms with van der Waals surface area (Å²) in [6.45, 7) is 2.12. The van der Waals surface area contributed by atoms with E-state index in [4.69, 9.17) is 10.6 Å². The minimum atomic E-state index is -0.378. The third-order valence-electron chi connectivity index (χ3n) is 3.65. The minimum absolute atomic E-state index is 0.141. The predicted octanol–water partition coefficient (Wildman–Crippen LogP) is 3.14. The fourth-order valence-electron chi connectivity index (χ4n) is 2.32. The van der Waals surface area contributed by atoms with Gasteiger partial charge in [-0.05, 0) is 41.7 Å². The zero-order valence-corrected chi connectivity index (χ0v) is 12.4. The molecular formula is C17H21FN2O. The van der Waals surface area contributed by atoms with Crippen LogP contribution in [0.4, 0.5) is 4.39 Å². The molecule has 3 nitrogen and oxygen atoms in total. The highest BCUT2D eigenvalue weighted by Crippen LogP contribution is 2.24. The summed E-state index contributed by atoms with van der Waals surface area (Å²) in [4.78, 5) is 0. The van der Waals surface area contributed by atoms with Gasteiger partial charge < -0.3 is 4.74 Å². The van der Waals surface area contributed by atoms with Gasteiger partial charge in [0.05, 0.1) is 13.2 Å². The second-order valence-corrected chi connectivity index (χ2v) is 4.99. The lowest BCUT2D eigenvalue weighted by atomic mass is 9.98. The van der Waals surface area contributed by atoms with Crippen molar-refractivity contribution in [1.82, 2.24) is 5.43 Å². The van der Waals surface area contributed by atoms with Crippen LogP contribution in [0.15, 0.2) is 42.5 Å². The molecule has 0 aliphatic heterocycles. The number of nitrogens with two attached hydrogens (primary N) is 1. The molecule has 2 aromatic rings. The number of hydrogen-bond donors (Lipinski definition) is 2. The molecule has 1 unspecified atom stereocenters. The first-order valence-corrected chi connectivity index (χ1v) is 7.05. The van der Waals surface area contributed by atoms with Crippen LogP contribution >= 0.6 is 0 Å². The normalized spacial score (nSPS) is 12.2. The fourth-order valence-corrected chi connectivity index (χ4v) is 2.32. The minimum Gasteiger partial charge on any atom is -0.494 e. The SMILES string of the molecule is CCc1ccc(CC(NN)c2ccc(OC)c(F)c2)cc1. The zero-order valence-electron chi connectivity index (χ0n) is 12.4. The summed E-state index contributed by atoms with van der Waals surface area (Å²) in [7, 11) is 1.45. The van der Waals surface area contributed by atoms with Crippen molar-refractivity contribution < 1.29 is 9.13 Å². The lowest BCUT2D eigenvalue weighted by molar-refractivity contribution is 0.385. The molecule has 0 saturated carbocycles. The van der Waals surface area contributed by atoms with Crippen LogP contribution < -0.4 is 16.0 Å². The van der Waals surface area contributed by atoms with Gasteiger partial charge in [0.1, 0.15) is 0 Å². The highest BCUT2D eigenvalue weighted by Gasteiger charge is 2.13. The molecule has 2 rings (SSSR count). The first-order chi connectivity index (χ1) is 10.2. The van der Waals surface area contributed by atoms with Crippen molar-refractivity contribution in [2.75, 3.05) is 7.11 Å². The molecule has 21 heavy (non-hydrogen) atoms. The van der Waals surface area contributed by atoms with Crippen molar-refractivity contribution in [2.45, 2.75) is 25.8 Å². The molecule has 3 N–H and O–H groups in total. The topological polar surface area (TPSA) is 47.3 Å². The van der Waals surface area contributed by atoms with Crippen molar-refractivity contribution in [3.63, 3.8) is 0 Å². The Morgan fingerprint density at radius 2 is 1.81 bits per heavy atom. The van der Waals surface area contributed by atoms with Gasteiger partial charge in [0.15, 0.2) is 11.6 Å². The highest BCUT2D eigenvalue weighted by atomic mass is 19.1. The molecule has 0 bridgehead atoms. The largest absolute Gasteiger partial charge is 0.494 e. The van der Waals surface area contributed by atoms with Crippen molar-refractivity contribution in [3.05, 3.63) is 65.0 Å². The van der Waals surface area contributed by atoms with Crippen LogP contribution in [0.2, 0.25) is 0 Å². The Kier molecular flexibility index (Phi) is 5.31.